The summed E-state index contributed by atoms with van der Waals surface area (Å²) >= 11 is 3.42. The van der Waals surface area contributed by atoms with Crippen molar-refractivity contribution in [3.05, 3.63) is 35.6 Å². The summed E-state index contributed by atoms with van der Waals surface area (Å²) in [5, 5.41) is 0.854. The molecule has 0 amide bonds. The third-order valence-electron chi connectivity index (χ3n) is 2.69. The van der Waals surface area contributed by atoms with Gasteiger partial charge in [-0.1, -0.05) is 28.1 Å². The molecule has 0 aliphatic carbocycles. The lowest BCUT2D eigenvalue weighted by Gasteiger charge is -2.32. The molecule has 88 valence electrons. The third kappa shape index (κ3) is 3.27. The molecular weight excluding hydrogens is 273 g/mol. The number of halogens is 2. The van der Waals surface area contributed by atoms with Crippen LogP contribution in [0.3, 0.4) is 0 Å². The molecule has 0 bridgehead atoms. The standard InChI is InChI=1S/C12H15BrFNO/c13-7-12-9-15(4-5-16-12)8-10-2-1-3-11(14)6-10/h1-3,6,12H,4-5,7-9H2. The van der Waals surface area contributed by atoms with E-state index in [1.165, 1.54) is 6.07 Å². The lowest BCUT2D eigenvalue weighted by molar-refractivity contribution is -0.0181. The first-order valence-electron chi connectivity index (χ1n) is 5.42. The van der Waals surface area contributed by atoms with Crippen LogP contribution in [0.1, 0.15) is 5.56 Å². The van der Waals surface area contributed by atoms with E-state index in [1.54, 1.807) is 12.1 Å². The van der Waals surface area contributed by atoms with Crippen molar-refractivity contribution in [2.75, 3.05) is 25.0 Å². The molecule has 0 spiro atoms. The van der Waals surface area contributed by atoms with Crippen molar-refractivity contribution in [3.63, 3.8) is 0 Å². The largest absolute Gasteiger partial charge is 0.375 e. The summed E-state index contributed by atoms with van der Waals surface area (Å²) in [5.41, 5.74) is 1.02. The van der Waals surface area contributed by atoms with Gasteiger partial charge in [0.2, 0.25) is 0 Å². The topological polar surface area (TPSA) is 12.5 Å². The normalized spacial score (nSPS) is 22.2. The van der Waals surface area contributed by atoms with Gasteiger partial charge in [-0.05, 0) is 17.7 Å². The van der Waals surface area contributed by atoms with Gasteiger partial charge in [-0.15, -0.1) is 0 Å². The second kappa shape index (κ2) is 5.75. The Kier molecular flexibility index (Phi) is 4.32. The zero-order valence-corrected chi connectivity index (χ0v) is 10.6. The van der Waals surface area contributed by atoms with Crippen LogP contribution >= 0.6 is 15.9 Å². The Morgan fingerprint density at radius 1 is 1.50 bits per heavy atom. The number of rotatable bonds is 3. The maximum atomic E-state index is 13.0. The molecule has 1 aliphatic heterocycles. The molecule has 0 N–H and O–H groups in total. The Labute approximate surface area is 104 Å². The Bertz CT molecular complexity index is 348. The quantitative estimate of drug-likeness (QED) is 0.792. The van der Waals surface area contributed by atoms with Gasteiger partial charge in [-0.3, -0.25) is 4.90 Å². The van der Waals surface area contributed by atoms with Gasteiger partial charge in [0.1, 0.15) is 5.82 Å². The molecule has 0 saturated carbocycles. The monoisotopic (exact) mass is 287 g/mol. The summed E-state index contributed by atoms with van der Waals surface area (Å²) < 4.78 is 18.6. The third-order valence-corrected chi connectivity index (χ3v) is 3.41. The van der Waals surface area contributed by atoms with Gasteiger partial charge in [0.15, 0.2) is 0 Å². The minimum absolute atomic E-state index is 0.164. The Morgan fingerprint density at radius 3 is 3.12 bits per heavy atom. The number of nitrogens with zero attached hydrogens (tertiary/aromatic N) is 1. The highest BCUT2D eigenvalue weighted by atomic mass is 79.9. The molecule has 1 unspecified atom stereocenters. The molecule has 1 aromatic rings. The molecule has 1 aromatic carbocycles. The van der Waals surface area contributed by atoms with Crippen molar-refractivity contribution in [2.24, 2.45) is 0 Å². The van der Waals surface area contributed by atoms with Gasteiger partial charge in [0.25, 0.3) is 0 Å². The predicted molar refractivity (Wildman–Crippen MR) is 65.2 cm³/mol. The number of ether oxygens (including phenoxy) is 1. The Morgan fingerprint density at radius 2 is 2.38 bits per heavy atom. The van der Waals surface area contributed by atoms with Gasteiger partial charge in [-0.25, -0.2) is 4.39 Å². The van der Waals surface area contributed by atoms with Crippen LogP contribution in [0.15, 0.2) is 24.3 Å². The van der Waals surface area contributed by atoms with Crippen molar-refractivity contribution < 1.29 is 9.13 Å². The average molecular weight is 288 g/mol. The molecule has 1 aliphatic rings. The maximum Gasteiger partial charge on any atom is 0.123 e. The van der Waals surface area contributed by atoms with E-state index in [1.807, 2.05) is 6.07 Å². The average Bonchev–Trinajstić information content (AvgIpc) is 2.29. The molecule has 0 aromatic heterocycles. The Hall–Kier alpha value is -0.450. The van der Waals surface area contributed by atoms with Crippen molar-refractivity contribution in [3.8, 4) is 0 Å². The number of benzene rings is 1. The summed E-state index contributed by atoms with van der Waals surface area (Å²) in [7, 11) is 0. The first kappa shape index (κ1) is 12.0. The second-order valence-corrected chi connectivity index (χ2v) is 4.66. The molecule has 1 fully saturated rings. The van der Waals surface area contributed by atoms with Crippen LogP contribution in [0.25, 0.3) is 0 Å². The smallest absolute Gasteiger partial charge is 0.123 e. The summed E-state index contributed by atoms with van der Waals surface area (Å²) in [4.78, 5) is 2.30. The molecule has 1 saturated heterocycles. The van der Waals surface area contributed by atoms with E-state index < -0.39 is 0 Å². The van der Waals surface area contributed by atoms with E-state index >= 15 is 0 Å². The van der Waals surface area contributed by atoms with E-state index in [9.17, 15) is 4.39 Å². The van der Waals surface area contributed by atoms with Crippen LogP contribution in [0.5, 0.6) is 0 Å². The van der Waals surface area contributed by atoms with Crippen LogP contribution in [0.2, 0.25) is 0 Å². The molecule has 0 radical (unpaired) electrons. The van der Waals surface area contributed by atoms with Crippen LogP contribution in [0.4, 0.5) is 4.39 Å². The number of hydrogen-bond donors (Lipinski definition) is 0. The molecule has 4 heteroatoms. The first-order valence-corrected chi connectivity index (χ1v) is 6.54. The van der Waals surface area contributed by atoms with Crippen molar-refractivity contribution >= 4 is 15.9 Å². The highest BCUT2D eigenvalue weighted by Gasteiger charge is 2.19. The van der Waals surface area contributed by atoms with E-state index in [0.717, 1.165) is 37.1 Å². The molecular formula is C12H15BrFNO. The SMILES string of the molecule is Fc1cccc(CN2CCOC(CBr)C2)c1. The fraction of sp³-hybridized carbons (Fsp3) is 0.500. The minimum Gasteiger partial charge on any atom is -0.375 e. The van der Waals surface area contributed by atoms with Gasteiger partial charge in [0, 0.05) is 25.0 Å². The molecule has 2 rings (SSSR count). The zero-order chi connectivity index (χ0) is 11.4. The molecule has 1 atom stereocenters. The summed E-state index contributed by atoms with van der Waals surface area (Å²) in [5.74, 6) is -0.164. The van der Waals surface area contributed by atoms with Crippen molar-refractivity contribution in [1.29, 1.82) is 0 Å². The lowest BCUT2D eigenvalue weighted by Crippen LogP contribution is -2.42. The highest BCUT2D eigenvalue weighted by molar-refractivity contribution is 9.09. The predicted octanol–water partition coefficient (Wildman–Crippen LogP) is 2.42. The maximum absolute atomic E-state index is 13.0. The van der Waals surface area contributed by atoms with E-state index in [-0.39, 0.29) is 11.9 Å². The van der Waals surface area contributed by atoms with Crippen LogP contribution in [-0.4, -0.2) is 36.0 Å². The van der Waals surface area contributed by atoms with Crippen LogP contribution in [-0.2, 0) is 11.3 Å². The van der Waals surface area contributed by atoms with Gasteiger partial charge < -0.3 is 4.74 Å². The Balaban J connectivity index is 1.94. The summed E-state index contributed by atoms with van der Waals surface area (Å²) in [6.45, 7) is 3.37. The van der Waals surface area contributed by atoms with Crippen LogP contribution < -0.4 is 0 Å². The number of alkyl halides is 1. The fourth-order valence-corrected chi connectivity index (χ4v) is 2.30. The molecule has 1 heterocycles. The van der Waals surface area contributed by atoms with Crippen molar-refractivity contribution in [2.45, 2.75) is 12.6 Å². The van der Waals surface area contributed by atoms with Gasteiger partial charge in [-0.2, -0.15) is 0 Å². The van der Waals surface area contributed by atoms with Gasteiger partial charge >= 0.3 is 0 Å². The van der Waals surface area contributed by atoms with E-state index in [2.05, 4.69) is 20.8 Å². The van der Waals surface area contributed by atoms with Crippen molar-refractivity contribution in [1.82, 2.24) is 4.90 Å². The first-order chi connectivity index (χ1) is 7.78. The minimum atomic E-state index is -0.164. The van der Waals surface area contributed by atoms with Gasteiger partial charge in [0.05, 0.1) is 12.7 Å². The number of hydrogen-bond acceptors (Lipinski definition) is 2. The summed E-state index contributed by atoms with van der Waals surface area (Å²) in [6, 6.07) is 6.79. The second-order valence-electron chi connectivity index (χ2n) is 4.01. The fourth-order valence-electron chi connectivity index (χ4n) is 1.91. The zero-order valence-electron chi connectivity index (χ0n) is 9.03. The lowest BCUT2D eigenvalue weighted by atomic mass is 10.2. The molecule has 2 nitrogen and oxygen atoms in total. The van der Waals surface area contributed by atoms with E-state index in [4.69, 9.17) is 4.74 Å². The van der Waals surface area contributed by atoms with Crippen LogP contribution in [0, 0.1) is 5.82 Å². The highest BCUT2D eigenvalue weighted by Crippen LogP contribution is 2.12. The molecule has 16 heavy (non-hydrogen) atoms. The van der Waals surface area contributed by atoms with E-state index in [0.29, 0.717) is 0 Å². The number of morpholine rings is 1. The summed E-state index contributed by atoms with van der Waals surface area (Å²) in [6.07, 6.45) is 0.252.